The van der Waals surface area contributed by atoms with E-state index in [0.29, 0.717) is 19.7 Å². The summed E-state index contributed by atoms with van der Waals surface area (Å²) in [7, 11) is 0. The van der Waals surface area contributed by atoms with E-state index in [2.05, 4.69) is 28.2 Å². The molecule has 0 unspecified atom stereocenters. The largest absolute Gasteiger partial charge is 0.494 e. The second-order valence-electron chi connectivity index (χ2n) is 5.14. The van der Waals surface area contributed by atoms with Gasteiger partial charge in [0.1, 0.15) is 5.75 Å². The van der Waals surface area contributed by atoms with E-state index >= 15 is 0 Å². The van der Waals surface area contributed by atoms with Crippen LogP contribution in [-0.4, -0.2) is 48.3 Å². The van der Waals surface area contributed by atoms with Gasteiger partial charge in [0.2, 0.25) is 0 Å². The highest BCUT2D eigenvalue weighted by Gasteiger charge is 2.22. The average molecular weight is 291 g/mol. The minimum Gasteiger partial charge on any atom is -0.494 e. The number of nitrogens with zero attached hydrogens (tertiary/aromatic N) is 2. The van der Waals surface area contributed by atoms with Gasteiger partial charge in [-0.15, -0.1) is 0 Å². The Balaban J connectivity index is 2.03. The first kappa shape index (κ1) is 15.6. The summed E-state index contributed by atoms with van der Waals surface area (Å²) in [5.41, 5.74) is 1.12. The van der Waals surface area contributed by atoms with Crippen LogP contribution in [0, 0.1) is 0 Å². The lowest BCUT2D eigenvalue weighted by Gasteiger charge is -2.21. The van der Waals surface area contributed by atoms with Crippen LogP contribution < -0.4 is 10.1 Å². The lowest BCUT2D eigenvalue weighted by Crippen LogP contribution is -2.40. The number of aliphatic hydroxyl groups excluding tert-OH is 1. The number of β-amino-alcohol motifs (C(OH)–C–C–N with tert-alkyl or cyclic N) is 1. The van der Waals surface area contributed by atoms with Crippen molar-refractivity contribution < 1.29 is 9.84 Å². The van der Waals surface area contributed by atoms with Crippen molar-refractivity contribution in [3.05, 3.63) is 29.8 Å². The van der Waals surface area contributed by atoms with Crippen molar-refractivity contribution >= 4 is 5.96 Å². The van der Waals surface area contributed by atoms with E-state index in [1.807, 2.05) is 25.1 Å². The van der Waals surface area contributed by atoms with Crippen LogP contribution in [0.4, 0.5) is 0 Å². The van der Waals surface area contributed by atoms with Gasteiger partial charge in [-0.1, -0.05) is 12.1 Å². The average Bonchev–Trinajstić information content (AvgIpc) is 2.91. The molecular weight excluding hydrogens is 266 g/mol. The molecule has 116 valence electrons. The van der Waals surface area contributed by atoms with Crippen LogP contribution in [0.3, 0.4) is 0 Å². The van der Waals surface area contributed by atoms with Gasteiger partial charge in [-0.05, 0) is 38.0 Å². The minimum atomic E-state index is -0.241. The molecule has 1 aliphatic rings. The van der Waals surface area contributed by atoms with E-state index < -0.39 is 0 Å². The topological polar surface area (TPSA) is 57.1 Å². The zero-order chi connectivity index (χ0) is 15.1. The van der Waals surface area contributed by atoms with Gasteiger partial charge in [0.15, 0.2) is 5.96 Å². The Bertz CT molecular complexity index is 476. The number of hydrogen-bond donors (Lipinski definition) is 2. The SMILES string of the molecule is CCNC(=NCc1cccc(OCC)c1)N1CC[C@@H](O)C1. The monoisotopic (exact) mass is 291 g/mol. The maximum Gasteiger partial charge on any atom is 0.194 e. The van der Waals surface area contributed by atoms with Crippen molar-refractivity contribution in [3.8, 4) is 5.75 Å². The Morgan fingerprint density at radius 2 is 2.33 bits per heavy atom. The first-order valence-corrected chi connectivity index (χ1v) is 7.66. The zero-order valence-electron chi connectivity index (χ0n) is 12.9. The number of ether oxygens (including phenoxy) is 1. The maximum absolute atomic E-state index is 9.66. The predicted molar refractivity (Wildman–Crippen MR) is 84.6 cm³/mol. The molecule has 0 bridgehead atoms. The number of aliphatic imine (C=N–C) groups is 1. The molecule has 0 saturated carbocycles. The predicted octanol–water partition coefficient (Wildman–Crippen LogP) is 1.62. The van der Waals surface area contributed by atoms with Gasteiger partial charge in [0.25, 0.3) is 0 Å². The maximum atomic E-state index is 9.66. The van der Waals surface area contributed by atoms with Crippen molar-refractivity contribution in [3.63, 3.8) is 0 Å². The number of guanidine groups is 1. The molecule has 1 aromatic carbocycles. The standard InChI is InChI=1S/C16H25N3O2/c1-3-17-16(19-9-8-14(20)12-19)18-11-13-6-5-7-15(10-13)21-4-2/h5-7,10,14,20H,3-4,8-9,11-12H2,1-2H3,(H,17,18)/t14-/m1/s1. The first-order valence-electron chi connectivity index (χ1n) is 7.66. The summed E-state index contributed by atoms with van der Waals surface area (Å²) in [4.78, 5) is 6.78. The molecule has 1 saturated heterocycles. The second-order valence-corrected chi connectivity index (χ2v) is 5.14. The third-order valence-electron chi connectivity index (χ3n) is 3.42. The molecule has 0 spiro atoms. The van der Waals surface area contributed by atoms with Gasteiger partial charge in [0, 0.05) is 19.6 Å². The second kappa shape index (κ2) is 7.88. The van der Waals surface area contributed by atoms with Crippen LogP contribution in [0.2, 0.25) is 0 Å². The van der Waals surface area contributed by atoms with Gasteiger partial charge in [-0.2, -0.15) is 0 Å². The van der Waals surface area contributed by atoms with Gasteiger partial charge in [0.05, 0.1) is 19.3 Å². The summed E-state index contributed by atoms with van der Waals surface area (Å²) in [6.45, 7) is 7.64. The smallest absolute Gasteiger partial charge is 0.194 e. The molecule has 1 aromatic rings. The Morgan fingerprint density at radius 1 is 1.48 bits per heavy atom. The molecular formula is C16H25N3O2. The molecule has 0 aromatic heterocycles. The molecule has 0 amide bonds. The highest BCUT2D eigenvalue weighted by atomic mass is 16.5. The van der Waals surface area contributed by atoms with Crippen LogP contribution in [0.1, 0.15) is 25.8 Å². The lowest BCUT2D eigenvalue weighted by atomic mass is 10.2. The highest BCUT2D eigenvalue weighted by molar-refractivity contribution is 5.80. The summed E-state index contributed by atoms with van der Waals surface area (Å²) in [6, 6.07) is 8.02. The van der Waals surface area contributed by atoms with E-state index in [-0.39, 0.29) is 6.10 Å². The Hall–Kier alpha value is -1.75. The van der Waals surface area contributed by atoms with Crippen molar-refractivity contribution in [2.75, 3.05) is 26.2 Å². The van der Waals surface area contributed by atoms with Crippen molar-refractivity contribution in [2.45, 2.75) is 32.9 Å². The van der Waals surface area contributed by atoms with Crippen LogP contribution in [0.15, 0.2) is 29.3 Å². The van der Waals surface area contributed by atoms with Crippen LogP contribution in [0.5, 0.6) is 5.75 Å². The number of benzene rings is 1. The number of likely N-dealkylation sites (tertiary alicyclic amines) is 1. The van der Waals surface area contributed by atoms with Gasteiger partial charge >= 0.3 is 0 Å². The van der Waals surface area contributed by atoms with E-state index in [9.17, 15) is 5.11 Å². The third-order valence-corrected chi connectivity index (χ3v) is 3.42. The first-order chi connectivity index (χ1) is 10.2. The molecule has 5 nitrogen and oxygen atoms in total. The molecule has 5 heteroatoms. The Kier molecular flexibility index (Phi) is 5.87. The molecule has 2 rings (SSSR count). The number of rotatable bonds is 5. The van der Waals surface area contributed by atoms with Gasteiger partial charge in [-0.25, -0.2) is 4.99 Å². The fraction of sp³-hybridized carbons (Fsp3) is 0.562. The molecule has 1 aliphatic heterocycles. The van der Waals surface area contributed by atoms with E-state index in [1.165, 1.54) is 0 Å². The minimum absolute atomic E-state index is 0.241. The molecule has 1 heterocycles. The molecule has 0 aliphatic carbocycles. The summed E-state index contributed by atoms with van der Waals surface area (Å²) in [5.74, 6) is 1.75. The van der Waals surface area contributed by atoms with Crippen LogP contribution >= 0.6 is 0 Å². The van der Waals surface area contributed by atoms with E-state index in [0.717, 1.165) is 36.8 Å². The molecule has 21 heavy (non-hydrogen) atoms. The van der Waals surface area contributed by atoms with Crippen molar-refractivity contribution in [2.24, 2.45) is 4.99 Å². The molecule has 1 atom stereocenters. The summed E-state index contributed by atoms with van der Waals surface area (Å²) in [6.07, 6.45) is 0.569. The number of nitrogens with one attached hydrogen (secondary N) is 1. The number of aliphatic hydroxyl groups is 1. The molecule has 0 radical (unpaired) electrons. The third kappa shape index (κ3) is 4.63. The quantitative estimate of drug-likeness (QED) is 0.639. The fourth-order valence-electron chi connectivity index (χ4n) is 2.43. The van der Waals surface area contributed by atoms with Crippen molar-refractivity contribution in [1.29, 1.82) is 0 Å². The van der Waals surface area contributed by atoms with Gasteiger partial charge in [-0.3, -0.25) is 0 Å². The van der Waals surface area contributed by atoms with E-state index in [1.54, 1.807) is 0 Å². The highest BCUT2D eigenvalue weighted by Crippen LogP contribution is 2.15. The van der Waals surface area contributed by atoms with Crippen molar-refractivity contribution in [1.82, 2.24) is 10.2 Å². The zero-order valence-corrected chi connectivity index (χ0v) is 12.9. The van der Waals surface area contributed by atoms with Gasteiger partial charge < -0.3 is 20.1 Å². The molecule has 1 fully saturated rings. The fourth-order valence-corrected chi connectivity index (χ4v) is 2.43. The van der Waals surface area contributed by atoms with Crippen LogP contribution in [-0.2, 0) is 6.54 Å². The normalized spacial score (nSPS) is 18.9. The van der Waals surface area contributed by atoms with Crippen LogP contribution in [0.25, 0.3) is 0 Å². The number of hydrogen-bond acceptors (Lipinski definition) is 3. The molecule has 2 N–H and O–H groups in total. The van der Waals surface area contributed by atoms with E-state index in [4.69, 9.17) is 4.74 Å². The summed E-state index contributed by atoms with van der Waals surface area (Å²) < 4.78 is 5.51. The Morgan fingerprint density at radius 3 is 3.00 bits per heavy atom. The summed E-state index contributed by atoms with van der Waals surface area (Å²) in [5, 5.41) is 12.9. The lowest BCUT2D eigenvalue weighted by molar-refractivity contribution is 0.188. The summed E-state index contributed by atoms with van der Waals surface area (Å²) >= 11 is 0. The Labute approximate surface area is 126 Å².